The summed E-state index contributed by atoms with van der Waals surface area (Å²) < 4.78 is 4.29. The van der Waals surface area contributed by atoms with Crippen LogP contribution in [0.2, 0.25) is 0 Å². The number of nitrogens with zero attached hydrogens (tertiary/aromatic N) is 3. The molecule has 5 nitrogen and oxygen atoms in total. The van der Waals surface area contributed by atoms with Crippen LogP contribution in [0.3, 0.4) is 0 Å². The predicted octanol–water partition coefficient (Wildman–Crippen LogP) is 5.81. The first-order chi connectivity index (χ1) is 16.0. The number of amides is 1. The molecule has 1 amide bonds. The van der Waals surface area contributed by atoms with Gasteiger partial charge in [-0.25, -0.2) is 0 Å². The van der Waals surface area contributed by atoms with E-state index in [2.05, 4.69) is 13.0 Å². The van der Waals surface area contributed by atoms with Crippen LogP contribution in [-0.2, 0) is 11.3 Å². The number of aryl methyl sites for hydroxylation is 1. The molecule has 1 atom stereocenters. The summed E-state index contributed by atoms with van der Waals surface area (Å²) in [6, 6.07) is 16.0. The minimum absolute atomic E-state index is 0.00754. The maximum absolute atomic E-state index is 13.7. The molecule has 4 aromatic rings. The van der Waals surface area contributed by atoms with Crippen molar-refractivity contribution in [2.75, 3.05) is 6.54 Å². The van der Waals surface area contributed by atoms with Crippen LogP contribution in [0.25, 0.3) is 27.0 Å². The Morgan fingerprint density at radius 1 is 1.15 bits per heavy atom. The molecule has 0 radical (unpaired) electrons. The summed E-state index contributed by atoms with van der Waals surface area (Å²) in [5, 5.41) is 0.577. The van der Waals surface area contributed by atoms with E-state index >= 15 is 0 Å². The van der Waals surface area contributed by atoms with Gasteiger partial charge in [-0.1, -0.05) is 48.9 Å². The molecule has 1 saturated heterocycles. The van der Waals surface area contributed by atoms with Crippen molar-refractivity contribution in [1.29, 1.82) is 0 Å². The van der Waals surface area contributed by atoms with E-state index in [1.54, 1.807) is 4.57 Å². The zero-order chi connectivity index (χ0) is 23.1. The molecular formula is C26H27N3O2S2. The molecule has 0 unspecified atom stereocenters. The van der Waals surface area contributed by atoms with E-state index in [1.165, 1.54) is 11.3 Å². The molecule has 1 fully saturated rings. The van der Waals surface area contributed by atoms with Crippen LogP contribution in [-0.4, -0.2) is 32.4 Å². The fraction of sp³-hybridized carbons (Fsp3) is 0.346. The Morgan fingerprint density at radius 3 is 2.76 bits per heavy atom. The SMILES string of the molecule is CC[C@H]1CCCCN1C(=O)Cn1c(=O)c2ccccc2n2c(=S)sc(-c3cccc(C)c3)c12. The first kappa shape index (κ1) is 22.0. The van der Waals surface area contributed by atoms with Crippen LogP contribution in [0.15, 0.2) is 53.3 Å². The third-order valence-electron chi connectivity index (χ3n) is 6.66. The average Bonchev–Trinajstić information content (AvgIpc) is 3.18. The number of para-hydroxylation sites is 1. The number of piperidine rings is 1. The monoisotopic (exact) mass is 477 g/mol. The fourth-order valence-corrected chi connectivity index (χ4v) is 6.44. The zero-order valence-corrected chi connectivity index (χ0v) is 20.5. The number of fused-ring (bicyclic) bond motifs is 3. The number of benzene rings is 2. The molecule has 5 rings (SSSR count). The van der Waals surface area contributed by atoms with Crippen LogP contribution in [0, 0.1) is 10.9 Å². The molecular weight excluding hydrogens is 450 g/mol. The number of likely N-dealkylation sites (tertiary alicyclic amines) is 1. The van der Waals surface area contributed by atoms with Gasteiger partial charge in [-0.3, -0.25) is 18.6 Å². The summed E-state index contributed by atoms with van der Waals surface area (Å²) in [4.78, 5) is 30.1. The van der Waals surface area contributed by atoms with Crippen LogP contribution in [0.4, 0.5) is 0 Å². The predicted molar refractivity (Wildman–Crippen MR) is 138 cm³/mol. The highest BCUT2D eigenvalue weighted by Crippen LogP contribution is 2.33. The minimum atomic E-state index is -0.147. The third-order valence-corrected chi connectivity index (χ3v) is 8.07. The number of rotatable bonds is 4. The normalized spacial score (nSPS) is 16.5. The van der Waals surface area contributed by atoms with Gasteiger partial charge in [0.15, 0.2) is 3.95 Å². The lowest BCUT2D eigenvalue weighted by Gasteiger charge is -2.35. The van der Waals surface area contributed by atoms with Crippen molar-refractivity contribution in [3.8, 4) is 10.4 Å². The van der Waals surface area contributed by atoms with Crippen molar-refractivity contribution in [2.45, 2.75) is 52.1 Å². The first-order valence-electron chi connectivity index (χ1n) is 11.5. The van der Waals surface area contributed by atoms with E-state index < -0.39 is 0 Å². The van der Waals surface area contributed by atoms with Gasteiger partial charge < -0.3 is 4.90 Å². The largest absolute Gasteiger partial charge is 0.338 e. The van der Waals surface area contributed by atoms with Gasteiger partial charge in [-0.05, 0) is 62.5 Å². The van der Waals surface area contributed by atoms with E-state index in [1.807, 2.05) is 58.7 Å². The topological polar surface area (TPSA) is 46.7 Å². The smallest absolute Gasteiger partial charge is 0.262 e. The van der Waals surface area contributed by atoms with E-state index in [-0.39, 0.29) is 24.1 Å². The molecule has 0 N–H and O–H groups in total. The first-order valence-corrected chi connectivity index (χ1v) is 12.8. The highest BCUT2D eigenvalue weighted by molar-refractivity contribution is 7.73. The maximum atomic E-state index is 13.7. The quantitative estimate of drug-likeness (QED) is 0.348. The van der Waals surface area contributed by atoms with Crippen molar-refractivity contribution in [3.63, 3.8) is 0 Å². The number of carbonyl (C=O) groups is 1. The van der Waals surface area contributed by atoms with Gasteiger partial charge in [-0.2, -0.15) is 0 Å². The van der Waals surface area contributed by atoms with Gasteiger partial charge in [0, 0.05) is 12.6 Å². The van der Waals surface area contributed by atoms with Gasteiger partial charge in [-0.15, -0.1) is 11.3 Å². The Labute approximate surface area is 201 Å². The highest BCUT2D eigenvalue weighted by Gasteiger charge is 2.27. The summed E-state index contributed by atoms with van der Waals surface area (Å²) in [6.45, 7) is 4.96. The van der Waals surface area contributed by atoms with E-state index in [0.29, 0.717) is 15.0 Å². The lowest BCUT2D eigenvalue weighted by atomic mass is 10.00. The lowest BCUT2D eigenvalue weighted by Crippen LogP contribution is -2.46. The molecule has 2 aromatic heterocycles. The van der Waals surface area contributed by atoms with Crippen LogP contribution < -0.4 is 5.56 Å². The second-order valence-electron chi connectivity index (χ2n) is 8.78. The van der Waals surface area contributed by atoms with Crippen molar-refractivity contribution in [3.05, 3.63) is 68.4 Å². The van der Waals surface area contributed by atoms with Gasteiger partial charge in [0.1, 0.15) is 12.2 Å². The molecule has 0 saturated carbocycles. The van der Waals surface area contributed by atoms with Gasteiger partial charge in [0.25, 0.3) is 5.56 Å². The molecule has 1 aliphatic rings. The number of thiazole rings is 1. The lowest BCUT2D eigenvalue weighted by molar-refractivity contribution is -0.135. The summed E-state index contributed by atoms with van der Waals surface area (Å²) >= 11 is 7.27. The molecule has 2 aromatic carbocycles. The number of carbonyl (C=O) groups excluding carboxylic acids is 1. The van der Waals surface area contributed by atoms with E-state index in [9.17, 15) is 9.59 Å². The number of aromatic nitrogens is 2. The second-order valence-corrected chi connectivity index (χ2v) is 10.4. The molecule has 0 spiro atoms. The van der Waals surface area contributed by atoms with Gasteiger partial charge in [0.05, 0.1) is 15.8 Å². The van der Waals surface area contributed by atoms with Crippen molar-refractivity contribution in [1.82, 2.24) is 13.9 Å². The molecule has 3 heterocycles. The van der Waals surface area contributed by atoms with Crippen LogP contribution in [0.1, 0.15) is 38.2 Å². The van der Waals surface area contributed by atoms with E-state index in [4.69, 9.17) is 12.2 Å². The second kappa shape index (κ2) is 8.88. The fourth-order valence-electron chi connectivity index (χ4n) is 5.01. The number of hydrogen-bond donors (Lipinski definition) is 0. The zero-order valence-electron chi connectivity index (χ0n) is 18.9. The van der Waals surface area contributed by atoms with E-state index in [0.717, 1.165) is 53.7 Å². The average molecular weight is 478 g/mol. The Balaban J connectivity index is 1.76. The Morgan fingerprint density at radius 2 is 1.97 bits per heavy atom. The minimum Gasteiger partial charge on any atom is -0.338 e. The summed E-state index contributed by atoms with van der Waals surface area (Å²) in [7, 11) is 0. The maximum Gasteiger partial charge on any atom is 0.262 e. The molecule has 1 aliphatic heterocycles. The summed E-state index contributed by atoms with van der Waals surface area (Å²) in [5.41, 5.74) is 3.48. The van der Waals surface area contributed by atoms with Gasteiger partial charge >= 0.3 is 0 Å². The number of hydrogen-bond acceptors (Lipinski definition) is 4. The third kappa shape index (κ3) is 3.83. The van der Waals surface area contributed by atoms with Gasteiger partial charge in [0.2, 0.25) is 5.91 Å². The molecule has 170 valence electrons. The molecule has 7 heteroatoms. The summed E-state index contributed by atoms with van der Waals surface area (Å²) in [6.07, 6.45) is 4.14. The van der Waals surface area contributed by atoms with Crippen molar-refractivity contribution >= 4 is 46.0 Å². The Bertz CT molecular complexity index is 1480. The molecule has 33 heavy (non-hydrogen) atoms. The van der Waals surface area contributed by atoms with Crippen molar-refractivity contribution < 1.29 is 4.79 Å². The van der Waals surface area contributed by atoms with Crippen LogP contribution >= 0.6 is 23.6 Å². The standard InChI is InChI=1S/C26H27N3O2S2/c1-3-19-11-6-7-14-27(19)22(30)16-28-24-23(18-10-8-9-17(2)15-18)33-26(32)29(24)21-13-5-4-12-20(21)25(28)31/h4-5,8-10,12-13,15,19H,3,6-7,11,14,16H2,1-2H3/t19-/m0/s1. The Hall–Kier alpha value is -2.77. The highest BCUT2D eigenvalue weighted by atomic mass is 32.1. The van der Waals surface area contributed by atoms with Crippen LogP contribution in [0.5, 0.6) is 0 Å². The molecule has 0 aliphatic carbocycles. The van der Waals surface area contributed by atoms with Crippen molar-refractivity contribution in [2.24, 2.45) is 0 Å². The Kier molecular flexibility index (Phi) is 5.93. The molecule has 0 bridgehead atoms. The summed E-state index contributed by atoms with van der Waals surface area (Å²) in [5.74, 6) is 0.00754.